The maximum atomic E-state index is 5.35. The first-order valence-corrected chi connectivity index (χ1v) is 4.42. The SMILES string of the molecule is CCCOc1ccn(C(C)C)n1. The van der Waals surface area contributed by atoms with E-state index in [2.05, 4.69) is 25.9 Å². The molecular formula is C9H16N2O. The van der Waals surface area contributed by atoms with Crippen molar-refractivity contribution in [1.29, 1.82) is 0 Å². The van der Waals surface area contributed by atoms with Gasteiger partial charge in [-0.15, -0.1) is 5.10 Å². The Morgan fingerprint density at radius 2 is 2.33 bits per heavy atom. The predicted octanol–water partition coefficient (Wildman–Crippen LogP) is 2.25. The maximum Gasteiger partial charge on any atom is 0.232 e. The molecular weight excluding hydrogens is 152 g/mol. The van der Waals surface area contributed by atoms with Crippen molar-refractivity contribution in [3.05, 3.63) is 12.3 Å². The fourth-order valence-corrected chi connectivity index (χ4v) is 0.892. The topological polar surface area (TPSA) is 27.1 Å². The Hall–Kier alpha value is -0.990. The van der Waals surface area contributed by atoms with Gasteiger partial charge < -0.3 is 4.74 Å². The van der Waals surface area contributed by atoms with Gasteiger partial charge in [0.1, 0.15) is 0 Å². The third-order valence-electron chi connectivity index (χ3n) is 1.57. The van der Waals surface area contributed by atoms with Gasteiger partial charge in [0.05, 0.1) is 6.61 Å². The molecule has 0 saturated heterocycles. The lowest BCUT2D eigenvalue weighted by atomic mass is 10.4. The van der Waals surface area contributed by atoms with Crippen molar-refractivity contribution in [1.82, 2.24) is 9.78 Å². The molecule has 0 atom stereocenters. The molecule has 0 aliphatic rings. The summed E-state index contributed by atoms with van der Waals surface area (Å²) >= 11 is 0. The Kier molecular flexibility index (Phi) is 3.14. The highest BCUT2D eigenvalue weighted by molar-refractivity contribution is 5.05. The molecule has 0 aromatic carbocycles. The highest BCUT2D eigenvalue weighted by Crippen LogP contribution is 2.10. The summed E-state index contributed by atoms with van der Waals surface area (Å²) in [6.45, 7) is 7.02. The van der Waals surface area contributed by atoms with Gasteiger partial charge in [-0.25, -0.2) is 0 Å². The lowest BCUT2D eigenvalue weighted by Gasteiger charge is -2.03. The van der Waals surface area contributed by atoms with E-state index in [9.17, 15) is 0 Å². The molecule has 0 aliphatic heterocycles. The quantitative estimate of drug-likeness (QED) is 0.689. The average molecular weight is 168 g/mol. The molecule has 0 amide bonds. The van der Waals surface area contributed by atoms with Crippen LogP contribution >= 0.6 is 0 Å². The van der Waals surface area contributed by atoms with Crippen LogP contribution in [0.1, 0.15) is 33.2 Å². The Balaban J connectivity index is 2.52. The number of hydrogen-bond donors (Lipinski definition) is 0. The Morgan fingerprint density at radius 3 is 2.83 bits per heavy atom. The second kappa shape index (κ2) is 4.14. The standard InChI is InChI=1S/C9H16N2O/c1-4-7-12-9-5-6-11(10-9)8(2)3/h5-6,8H,4,7H2,1-3H3. The molecule has 1 rings (SSSR count). The van der Waals surface area contributed by atoms with E-state index in [0.717, 1.165) is 18.9 Å². The van der Waals surface area contributed by atoms with Crippen molar-refractivity contribution in [2.45, 2.75) is 33.2 Å². The van der Waals surface area contributed by atoms with E-state index in [1.54, 1.807) is 0 Å². The monoisotopic (exact) mass is 168 g/mol. The second-order valence-corrected chi connectivity index (χ2v) is 3.08. The van der Waals surface area contributed by atoms with Crippen LogP contribution in [0.2, 0.25) is 0 Å². The molecule has 1 heterocycles. The molecule has 0 bridgehead atoms. The van der Waals surface area contributed by atoms with Crippen LogP contribution < -0.4 is 4.74 Å². The van der Waals surface area contributed by atoms with Crippen molar-refractivity contribution in [3.63, 3.8) is 0 Å². The molecule has 12 heavy (non-hydrogen) atoms. The fraction of sp³-hybridized carbons (Fsp3) is 0.667. The van der Waals surface area contributed by atoms with E-state index in [4.69, 9.17) is 4.74 Å². The van der Waals surface area contributed by atoms with Crippen molar-refractivity contribution < 1.29 is 4.74 Å². The molecule has 68 valence electrons. The number of hydrogen-bond acceptors (Lipinski definition) is 2. The van der Waals surface area contributed by atoms with Crippen LogP contribution in [0.4, 0.5) is 0 Å². The van der Waals surface area contributed by atoms with E-state index >= 15 is 0 Å². The van der Waals surface area contributed by atoms with Gasteiger partial charge in [0.25, 0.3) is 0 Å². The zero-order valence-electron chi connectivity index (χ0n) is 7.95. The summed E-state index contributed by atoms with van der Waals surface area (Å²) in [6, 6.07) is 2.30. The first-order chi connectivity index (χ1) is 5.74. The second-order valence-electron chi connectivity index (χ2n) is 3.08. The maximum absolute atomic E-state index is 5.35. The van der Waals surface area contributed by atoms with E-state index in [1.807, 2.05) is 16.9 Å². The molecule has 0 saturated carbocycles. The minimum absolute atomic E-state index is 0.406. The van der Waals surface area contributed by atoms with Crippen LogP contribution in [-0.2, 0) is 0 Å². The van der Waals surface area contributed by atoms with Crippen LogP contribution in [0.25, 0.3) is 0 Å². The molecule has 1 aromatic rings. The predicted molar refractivity (Wildman–Crippen MR) is 48.4 cm³/mol. The summed E-state index contributed by atoms with van der Waals surface area (Å²) in [5.74, 6) is 0.727. The first-order valence-electron chi connectivity index (χ1n) is 4.42. The lowest BCUT2D eigenvalue weighted by molar-refractivity contribution is 0.299. The Morgan fingerprint density at radius 1 is 1.58 bits per heavy atom. The fourth-order valence-electron chi connectivity index (χ4n) is 0.892. The number of ether oxygens (including phenoxy) is 1. The third-order valence-corrected chi connectivity index (χ3v) is 1.57. The normalized spacial score (nSPS) is 10.7. The molecule has 0 fully saturated rings. The molecule has 0 spiro atoms. The van der Waals surface area contributed by atoms with Crippen LogP contribution in [-0.4, -0.2) is 16.4 Å². The zero-order valence-corrected chi connectivity index (χ0v) is 7.95. The Labute approximate surface area is 73.3 Å². The van der Waals surface area contributed by atoms with Crippen molar-refractivity contribution in [3.8, 4) is 5.88 Å². The van der Waals surface area contributed by atoms with Gasteiger partial charge in [-0.1, -0.05) is 6.92 Å². The first kappa shape index (κ1) is 9.10. The van der Waals surface area contributed by atoms with E-state index in [0.29, 0.717) is 6.04 Å². The molecule has 1 aromatic heterocycles. The van der Waals surface area contributed by atoms with Gasteiger partial charge >= 0.3 is 0 Å². The van der Waals surface area contributed by atoms with Crippen LogP contribution in [0.15, 0.2) is 12.3 Å². The van der Waals surface area contributed by atoms with Crippen LogP contribution in [0.5, 0.6) is 5.88 Å². The number of nitrogens with zero attached hydrogens (tertiary/aromatic N) is 2. The average Bonchev–Trinajstić information content (AvgIpc) is 2.48. The number of aromatic nitrogens is 2. The molecule has 0 N–H and O–H groups in total. The van der Waals surface area contributed by atoms with E-state index in [1.165, 1.54) is 0 Å². The van der Waals surface area contributed by atoms with Crippen LogP contribution in [0.3, 0.4) is 0 Å². The summed E-state index contributed by atoms with van der Waals surface area (Å²) < 4.78 is 7.25. The van der Waals surface area contributed by atoms with Gasteiger partial charge in [-0.3, -0.25) is 4.68 Å². The van der Waals surface area contributed by atoms with Crippen molar-refractivity contribution in [2.24, 2.45) is 0 Å². The summed E-state index contributed by atoms with van der Waals surface area (Å²) in [5, 5.41) is 4.24. The van der Waals surface area contributed by atoms with E-state index in [-0.39, 0.29) is 0 Å². The summed E-state index contributed by atoms with van der Waals surface area (Å²) in [5.41, 5.74) is 0. The molecule has 0 radical (unpaired) electrons. The summed E-state index contributed by atoms with van der Waals surface area (Å²) in [4.78, 5) is 0. The van der Waals surface area contributed by atoms with Crippen LogP contribution in [0, 0.1) is 0 Å². The third kappa shape index (κ3) is 2.26. The van der Waals surface area contributed by atoms with E-state index < -0.39 is 0 Å². The van der Waals surface area contributed by atoms with Gasteiger partial charge in [0.15, 0.2) is 0 Å². The minimum Gasteiger partial charge on any atom is -0.477 e. The van der Waals surface area contributed by atoms with Gasteiger partial charge in [-0.2, -0.15) is 0 Å². The number of rotatable bonds is 4. The van der Waals surface area contributed by atoms with Gasteiger partial charge in [0.2, 0.25) is 5.88 Å². The lowest BCUT2D eigenvalue weighted by Crippen LogP contribution is -2.02. The van der Waals surface area contributed by atoms with Gasteiger partial charge in [0, 0.05) is 18.3 Å². The Bertz CT molecular complexity index is 230. The van der Waals surface area contributed by atoms with Crippen molar-refractivity contribution in [2.75, 3.05) is 6.61 Å². The molecule has 0 aliphatic carbocycles. The van der Waals surface area contributed by atoms with Crippen molar-refractivity contribution >= 4 is 0 Å². The highest BCUT2D eigenvalue weighted by Gasteiger charge is 2.00. The highest BCUT2D eigenvalue weighted by atomic mass is 16.5. The largest absolute Gasteiger partial charge is 0.477 e. The summed E-state index contributed by atoms with van der Waals surface area (Å²) in [7, 11) is 0. The molecule has 0 unspecified atom stereocenters. The molecule has 3 heteroatoms. The zero-order chi connectivity index (χ0) is 8.97. The minimum atomic E-state index is 0.406. The molecule has 3 nitrogen and oxygen atoms in total. The summed E-state index contributed by atoms with van der Waals surface area (Å²) in [6.07, 6.45) is 2.96. The van der Waals surface area contributed by atoms with Gasteiger partial charge in [-0.05, 0) is 20.3 Å². The smallest absolute Gasteiger partial charge is 0.232 e.